The Morgan fingerprint density at radius 1 is 0.919 bits per heavy atom. The van der Waals surface area contributed by atoms with Crippen LogP contribution in [-0.4, -0.2) is 60.8 Å². The van der Waals surface area contributed by atoms with Gasteiger partial charge in [0.05, 0.1) is 6.42 Å². The number of rotatable bonds is 11. The number of likely N-dealkylation sites (N-methyl/N-ethyl adjacent to an activating group) is 1. The van der Waals surface area contributed by atoms with Crippen molar-refractivity contribution in [3.05, 3.63) is 95.6 Å². The second kappa shape index (κ2) is 12.2. The average molecular weight is 502 g/mol. The van der Waals surface area contributed by atoms with Gasteiger partial charge in [-0.25, -0.2) is 4.79 Å². The number of carbonyl (C=O) groups excluding carboxylic acids is 2. The number of carboxylic acids is 1. The SMILES string of the molecule is CN(Cc1ccccc1)CC(NC(=O)OCC1c2ccccc2-c2ccccc21)C(=O)NCCC(=O)O. The van der Waals surface area contributed by atoms with Crippen LogP contribution < -0.4 is 10.6 Å². The van der Waals surface area contributed by atoms with Gasteiger partial charge in [0.15, 0.2) is 0 Å². The van der Waals surface area contributed by atoms with Crippen LogP contribution in [0.4, 0.5) is 4.79 Å². The van der Waals surface area contributed by atoms with E-state index in [0.717, 1.165) is 27.8 Å². The summed E-state index contributed by atoms with van der Waals surface area (Å²) in [7, 11) is 1.85. The van der Waals surface area contributed by atoms with E-state index >= 15 is 0 Å². The van der Waals surface area contributed by atoms with Gasteiger partial charge in [-0.2, -0.15) is 0 Å². The van der Waals surface area contributed by atoms with Crippen molar-refractivity contribution in [2.45, 2.75) is 24.9 Å². The molecule has 1 aliphatic rings. The number of nitrogens with one attached hydrogen (secondary N) is 2. The summed E-state index contributed by atoms with van der Waals surface area (Å²) in [6.07, 6.45) is -0.906. The minimum absolute atomic E-state index is 0.0283. The number of alkyl carbamates (subject to hydrolysis) is 1. The molecule has 3 aromatic carbocycles. The van der Waals surface area contributed by atoms with Crippen molar-refractivity contribution in [2.75, 3.05) is 26.7 Å². The van der Waals surface area contributed by atoms with Crippen molar-refractivity contribution in [2.24, 2.45) is 0 Å². The molecule has 2 amide bonds. The van der Waals surface area contributed by atoms with Crippen molar-refractivity contribution in [1.29, 1.82) is 0 Å². The third-order valence-electron chi connectivity index (χ3n) is 6.38. The number of ether oxygens (including phenoxy) is 1. The van der Waals surface area contributed by atoms with Gasteiger partial charge in [0.25, 0.3) is 0 Å². The van der Waals surface area contributed by atoms with E-state index in [-0.39, 0.29) is 32.0 Å². The summed E-state index contributed by atoms with van der Waals surface area (Å²) in [5.74, 6) is -1.57. The molecular weight excluding hydrogens is 470 g/mol. The number of hydrogen-bond donors (Lipinski definition) is 3. The highest BCUT2D eigenvalue weighted by Gasteiger charge is 2.30. The van der Waals surface area contributed by atoms with Crippen molar-refractivity contribution < 1.29 is 24.2 Å². The lowest BCUT2D eigenvalue weighted by atomic mass is 9.98. The van der Waals surface area contributed by atoms with Gasteiger partial charge in [-0.3, -0.25) is 14.5 Å². The first-order valence-electron chi connectivity index (χ1n) is 12.3. The van der Waals surface area contributed by atoms with Crippen molar-refractivity contribution >= 4 is 18.0 Å². The van der Waals surface area contributed by atoms with E-state index < -0.39 is 24.0 Å². The van der Waals surface area contributed by atoms with Gasteiger partial charge in [-0.15, -0.1) is 0 Å². The fourth-order valence-corrected chi connectivity index (χ4v) is 4.66. The minimum Gasteiger partial charge on any atom is -0.481 e. The highest BCUT2D eigenvalue weighted by atomic mass is 16.5. The molecule has 3 aromatic rings. The number of carboxylic acid groups (broad SMARTS) is 1. The van der Waals surface area contributed by atoms with Crippen LogP contribution in [0.15, 0.2) is 78.9 Å². The smallest absolute Gasteiger partial charge is 0.407 e. The number of aliphatic carboxylic acids is 1. The zero-order valence-electron chi connectivity index (χ0n) is 20.7. The van der Waals surface area contributed by atoms with Crippen LogP contribution in [-0.2, 0) is 20.9 Å². The van der Waals surface area contributed by atoms with Crippen LogP contribution in [0, 0.1) is 0 Å². The zero-order chi connectivity index (χ0) is 26.2. The van der Waals surface area contributed by atoms with Crippen LogP contribution in [0.2, 0.25) is 0 Å². The van der Waals surface area contributed by atoms with Crippen molar-refractivity contribution in [3.63, 3.8) is 0 Å². The van der Waals surface area contributed by atoms with Crippen LogP contribution in [0.5, 0.6) is 0 Å². The van der Waals surface area contributed by atoms with E-state index in [4.69, 9.17) is 9.84 Å². The predicted octanol–water partition coefficient (Wildman–Crippen LogP) is 3.62. The van der Waals surface area contributed by atoms with Gasteiger partial charge in [0.1, 0.15) is 12.6 Å². The van der Waals surface area contributed by atoms with E-state index in [1.807, 2.05) is 78.7 Å². The quantitative estimate of drug-likeness (QED) is 0.371. The third-order valence-corrected chi connectivity index (χ3v) is 6.38. The highest BCUT2D eigenvalue weighted by molar-refractivity contribution is 5.86. The zero-order valence-corrected chi connectivity index (χ0v) is 20.7. The second-order valence-corrected chi connectivity index (χ2v) is 9.14. The Bertz CT molecular complexity index is 1200. The Labute approximate surface area is 216 Å². The predicted molar refractivity (Wildman–Crippen MR) is 140 cm³/mol. The lowest BCUT2D eigenvalue weighted by Crippen LogP contribution is -2.52. The molecule has 1 aliphatic carbocycles. The topological polar surface area (TPSA) is 108 Å². The van der Waals surface area contributed by atoms with Gasteiger partial charge in [0, 0.05) is 25.6 Å². The summed E-state index contributed by atoms with van der Waals surface area (Å²) in [4.78, 5) is 38.4. The monoisotopic (exact) mass is 501 g/mol. The second-order valence-electron chi connectivity index (χ2n) is 9.14. The maximum Gasteiger partial charge on any atom is 0.407 e. The Morgan fingerprint density at radius 2 is 1.51 bits per heavy atom. The largest absolute Gasteiger partial charge is 0.481 e. The molecule has 4 rings (SSSR count). The van der Waals surface area contributed by atoms with E-state index in [9.17, 15) is 14.4 Å². The molecule has 0 saturated heterocycles. The minimum atomic E-state index is -1.01. The molecule has 37 heavy (non-hydrogen) atoms. The van der Waals surface area contributed by atoms with Crippen LogP contribution in [0.3, 0.4) is 0 Å². The highest BCUT2D eigenvalue weighted by Crippen LogP contribution is 2.44. The lowest BCUT2D eigenvalue weighted by Gasteiger charge is -2.24. The van der Waals surface area contributed by atoms with Crippen molar-refractivity contribution in [1.82, 2.24) is 15.5 Å². The summed E-state index contributed by atoms with van der Waals surface area (Å²) < 4.78 is 5.62. The summed E-state index contributed by atoms with van der Waals surface area (Å²) in [6.45, 7) is 0.899. The van der Waals surface area contributed by atoms with E-state index in [0.29, 0.717) is 6.54 Å². The normalized spacial score (nSPS) is 12.9. The standard InChI is InChI=1S/C29H31N3O5/c1-32(17-20-9-3-2-4-10-20)18-26(28(35)30-16-15-27(33)34)31-29(36)37-19-25-23-13-7-5-11-21(23)22-12-6-8-14-24(22)25/h2-14,25-26H,15-19H2,1H3,(H,30,35)(H,31,36)(H,33,34). The first-order valence-corrected chi connectivity index (χ1v) is 12.3. The fourth-order valence-electron chi connectivity index (χ4n) is 4.66. The molecule has 0 heterocycles. The molecule has 0 radical (unpaired) electrons. The molecule has 0 aliphatic heterocycles. The van der Waals surface area contributed by atoms with Gasteiger partial charge >= 0.3 is 12.1 Å². The fraction of sp³-hybridized carbons (Fsp3) is 0.276. The third kappa shape index (κ3) is 6.74. The van der Waals surface area contributed by atoms with Crippen LogP contribution in [0.25, 0.3) is 11.1 Å². The molecule has 0 aromatic heterocycles. The number of fused-ring (bicyclic) bond motifs is 3. The van der Waals surface area contributed by atoms with Crippen molar-refractivity contribution in [3.8, 4) is 11.1 Å². The Kier molecular flexibility index (Phi) is 8.53. The Morgan fingerprint density at radius 3 is 2.14 bits per heavy atom. The van der Waals surface area contributed by atoms with Crippen LogP contribution >= 0.6 is 0 Å². The molecule has 0 saturated carbocycles. The number of carbonyl (C=O) groups is 3. The Balaban J connectivity index is 1.40. The molecule has 1 unspecified atom stereocenters. The number of amides is 2. The van der Waals surface area contributed by atoms with E-state index in [1.165, 1.54) is 0 Å². The molecule has 8 nitrogen and oxygen atoms in total. The molecule has 0 spiro atoms. The number of nitrogens with zero attached hydrogens (tertiary/aromatic N) is 1. The summed E-state index contributed by atoms with van der Waals surface area (Å²) in [5.41, 5.74) is 5.52. The molecule has 3 N–H and O–H groups in total. The lowest BCUT2D eigenvalue weighted by molar-refractivity contribution is -0.137. The van der Waals surface area contributed by atoms with Gasteiger partial charge < -0.3 is 20.5 Å². The first-order chi connectivity index (χ1) is 17.9. The summed E-state index contributed by atoms with van der Waals surface area (Å²) in [6, 6.07) is 25.0. The molecule has 0 bridgehead atoms. The Hall–Kier alpha value is -4.17. The maximum absolute atomic E-state index is 12.8. The molecule has 1 atom stereocenters. The van der Waals surface area contributed by atoms with E-state index in [2.05, 4.69) is 22.8 Å². The molecule has 8 heteroatoms. The van der Waals surface area contributed by atoms with Gasteiger partial charge in [-0.05, 0) is 34.9 Å². The summed E-state index contributed by atoms with van der Waals surface area (Å²) >= 11 is 0. The van der Waals surface area contributed by atoms with E-state index in [1.54, 1.807) is 0 Å². The molecular formula is C29H31N3O5. The summed E-state index contributed by atoms with van der Waals surface area (Å²) in [5, 5.41) is 14.2. The number of hydrogen-bond acceptors (Lipinski definition) is 5. The maximum atomic E-state index is 12.8. The first kappa shape index (κ1) is 25.9. The number of benzene rings is 3. The van der Waals surface area contributed by atoms with Gasteiger partial charge in [-0.1, -0.05) is 78.9 Å². The van der Waals surface area contributed by atoms with Crippen LogP contribution in [0.1, 0.15) is 29.0 Å². The molecule has 192 valence electrons. The average Bonchev–Trinajstić information content (AvgIpc) is 3.21. The molecule has 0 fully saturated rings. The van der Waals surface area contributed by atoms with Gasteiger partial charge in [0.2, 0.25) is 5.91 Å².